The van der Waals surface area contributed by atoms with Crippen molar-refractivity contribution in [3.8, 4) is 16.9 Å². The zero-order valence-corrected chi connectivity index (χ0v) is 19.8. The van der Waals surface area contributed by atoms with Crippen molar-refractivity contribution >= 4 is 28.4 Å². The molecule has 1 unspecified atom stereocenters. The Balaban J connectivity index is 1.36. The summed E-state index contributed by atoms with van der Waals surface area (Å²) < 4.78 is 13.1. The standard InChI is InChI=1S/C26H28N6O3/c1-17-5-6-24-19(8-17)12-27-26(31-24)30-22-9-18(20-13-28-32(2)14-20)10-23(11-22)35-16-25(33)29-21-4-3-7-34-15-21/h5-6,8-14,21H,3-4,7,15-16H2,1-2H3,(H,29,33)(H,27,30,31). The molecule has 9 nitrogen and oxygen atoms in total. The van der Waals surface area contributed by atoms with Crippen LogP contribution in [0.15, 0.2) is 55.0 Å². The Hall–Kier alpha value is -3.98. The molecule has 0 spiro atoms. The van der Waals surface area contributed by atoms with E-state index in [0.717, 1.165) is 52.7 Å². The maximum atomic E-state index is 12.4. The Labute approximate surface area is 203 Å². The normalized spacial score (nSPS) is 15.7. The maximum absolute atomic E-state index is 12.4. The van der Waals surface area contributed by atoms with E-state index < -0.39 is 0 Å². The lowest BCUT2D eigenvalue weighted by molar-refractivity contribution is -0.124. The summed E-state index contributed by atoms with van der Waals surface area (Å²) in [5.41, 5.74) is 4.59. The van der Waals surface area contributed by atoms with Gasteiger partial charge in [0, 0.05) is 48.8 Å². The van der Waals surface area contributed by atoms with E-state index in [1.807, 2.05) is 50.5 Å². The molecule has 35 heavy (non-hydrogen) atoms. The van der Waals surface area contributed by atoms with Crippen LogP contribution in [0.1, 0.15) is 18.4 Å². The zero-order valence-electron chi connectivity index (χ0n) is 19.8. The molecule has 3 heterocycles. The van der Waals surface area contributed by atoms with E-state index >= 15 is 0 Å². The predicted octanol–water partition coefficient (Wildman–Crippen LogP) is 3.76. The average Bonchev–Trinajstić information content (AvgIpc) is 3.30. The Bertz CT molecular complexity index is 1350. The third-order valence-corrected chi connectivity index (χ3v) is 5.83. The molecule has 2 N–H and O–H groups in total. The largest absolute Gasteiger partial charge is 0.484 e. The van der Waals surface area contributed by atoms with Crippen LogP contribution in [0.5, 0.6) is 5.75 Å². The van der Waals surface area contributed by atoms with Crippen LogP contribution in [0, 0.1) is 6.92 Å². The van der Waals surface area contributed by atoms with Gasteiger partial charge in [-0.3, -0.25) is 9.48 Å². The second kappa shape index (κ2) is 10.1. The van der Waals surface area contributed by atoms with E-state index in [9.17, 15) is 4.79 Å². The van der Waals surface area contributed by atoms with E-state index in [4.69, 9.17) is 9.47 Å². The zero-order chi connectivity index (χ0) is 24.2. The lowest BCUT2D eigenvalue weighted by Gasteiger charge is -2.23. The smallest absolute Gasteiger partial charge is 0.258 e. The number of amides is 1. The first kappa shape index (κ1) is 22.8. The highest BCUT2D eigenvalue weighted by Gasteiger charge is 2.17. The molecule has 0 saturated carbocycles. The highest BCUT2D eigenvalue weighted by molar-refractivity contribution is 5.80. The van der Waals surface area contributed by atoms with E-state index in [0.29, 0.717) is 18.3 Å². The number of nitrogens with one attached hydrogen (secondary N) is 2. The fraction of sp³-hybridized carbons (Fsp3) is 0.308. The van der Waals surface area contributed by atoms with Gasteiger partial charge in [-0.1, -0.05) is 11.6 Å². The number of fused-ring (bicyclic) bond motifs is 1. The predicted molar refractivity (Wildman–Crippen MR) is 134 cm³/mol. The SMILES string of the molecule is Cc1ccc2nc(Nc3cc(OCC(=O)NC4CCCOC4)cc(-c4cnn(C)c4)c3)ncc2c1. The highest BCUT2D eigenvalue weighted by Crippen LogP contribution is 2.30. The van der Waals surface area contributed by atoms with Gasteiger partial charge in [-0.05, 0) is 49.6 Å². The molecule has 1 aliphatic rings. The van der Waals surface area contributed by atoms with Gasteiger partial charge in [0.05, 0.1) is 24.4 Å². The van der Waals surface area contributed by atoms with Crippen LogP contribution in [-0.4, -0.2) is 51.5 Å². The van der Waals surface area contributed by atoms with Gasteiger partial charge >= 0.3 is 0 Å². The van der Waals surface area contributed by atoms with Crippen molar-refractivity contribution in [2.75, 3.05) is 25.1 Å². The molecule has 0 radical (unpaired) electrons. The number of rotatable bonds is 7. The molecule has 1 atom stereocenters. The van der Waals surface area contributed by atoms with Crippen molar-refractivity contribution in [3.63, 3.8) is 0 Å². The second-order valence-electron chi connectivity index (χ2n) is 8.80. The Morgan fingerprint density at radius 3 is 2.91 bits per heavy atom. The van der Waals surface area contributed by atoms with Crippen LogP contribution in [0.3, 0.4) is 0 Å². The van der Waals surface area contributed by atoms with Crippen LogP contribution >= 0.6 is 0 Å². The first-order valence-corrected chi connectivity index (χ1v) is 11.7. The van der Waals surface area contributed by atoms with E-state index in [1.54, 1.807) is 17.1 Å². The molecule has 0 bridgehead atoms. The molecular formula is C26H28N6O3. The molecule has 1 fully saturated rings. The first-order valence-electron chi connectivity index (χ1n) is 11.7. The van der Waals surface area contributed by atoms with E-state index in [-0.39, 0.29) is 18.6 Å². The van der Waals surface area contributed by atoms with Crippen LogP contribution < -0.4 is 15.4 Å². The van der Waals surface area contributed by atoms with Crippen molar-refractivity contribution < 1.29 is 14.3 Å². The van der Waals surface area contributed by atoms with Gasteiger partial charge in [-0.15, -0.1) is 0 Å². The number of anilines is 2. The molecule has 1 aliphatic heterocycles. The lowest BCUT2D eigenvalue weighted by Crippen LogP contribution is -2.42. The average molecular weight is 473 g/mol. The molecule has 4 aromatic rings. The topological polar surface area (TPSA) is 103 Å². The van der Waals surface area contributed by atoms with E-state index in [2.05, 4.69) is 31.8 Å². The second-order valence-corrected chi connectivity index (χ2v) is 8.80. The molecule has 1 amide bonds. The van der Waals surface area contributed by atoms with Gasteiger partial charge in [-0.2, -0.15) is 5.10 Å². The summed E-state index contributed by atoms with van der Waals surface area (Å²) in [6.07, 6.45) is 7.38. The van der Waals surface area contributed by atoms with Crippen molar-refractivity contribution in [1.29, 1.82) is 0 Å². The quantitative estimate of drug-likeness (QED) is 0.422. The maximum Gasteiger partial charge on any atom is 0.258 e. The third-order valence-electron chi connectivity index (χ3n) is 5.83. The number of carbonyl (C=O) groups is 1. The molecule has 5 rings (SSSR count). The summed E-state index contributed by atoms with van der Waals surface area (Å²) in [5.74, 6) is 0.862. The molecular weight excluding hydrogens is 444 g/mol. The Morgan fingerprint density at radius 1 is 1.20 bits per heavy atom. The molecule has 180 valence electrons. The number of benzene rings is 2. The van der Waals surface area contributed by atoms with Crippen molar-refractivity contribution in [1.82, 2.24) is 25.1 Å². The number of hydrogen-bond acceptors (Lipinski definition) is 7. The molecule has 2 aromatic carbocycles. The number of carbonyl (C=O) groups excluding carboxylic acids is 1. The summed E-state index contributed by atoms with van der Waals surface area (Å²) in [7, 11) is 1.87. The summed E-state index contributed by atoms with van der Waals surface area (Å²) in [6, 6.07) is 11.8. The van der Waals surface area contributed by atoms with Crippen LogP contribution in [-0.2, 0) is 16.6 Å². The van der Waals surface area contributed by atoms with Gasteiger partial charge in [0.2, 0.25) is 5.95 Å². The summed E-state index contributed by atoms with van der Waals surface area (Å²) in [5, 5.41) is 11.5. The van der Waals surface area contributed by atoms with Gasteiger partial charge in [0.1, 0.15) is 5.75 Å². The summed E-state index contributed by atoms with van der Waals surface area (Å²) >= 11 is 0. The number of hydrogen-bond donors (Lipinski definition) is 2. The number of ether oxygens (including phenoxy) is 2. The lowest BCUT2D eigenvalue weighted by atomic mass is 10.1. The summed E-state index contributed by atoms with van der Waals surface area (Å²) in [6.45, 7) is 3.25. The third kappa shape index (κ3) is 5.75. The van der Waals surface area contributed by atoms with Crippen molar-refractivity contribution in [2.24, 2.45) is 7.05 Å². The van der Waals surface area contributed by atoms with Crippen molar-refractivity contribution in [2.45, 2.75) is 25.8 Å². The number of aromatic nitrogens is 4. The first-order chi connectivity index (χ1) is 17.0. The van der Waals surface area contributed by atoms with Gasteiger partial charge in [-0.25, -0.2) is 9.97 Å². The highest BCUT2D eigenvalue weighted by atomic mass is 16.5. The minimum atomic E-state index is -0.171. The fourth-order valence-corrected chi connectivity index (χ4v) is 4.11. The van der Waals surface area contributed by atoms with Crippen LogP contribution in [0.2, 0.25) is 0 Å². The number of aryl methyl sites for hydroxylation is 2. The molecule has 9 heteroatoms. The van der Waals surface area contributed by atoms with Crippen LogP contribution in [0.4, 0.5) is 11.6 Å². The van der Waals surface area contributed by atoms with Gasteiger partial charge < -0.3 is 20.1 Å². The molecule has 1 saturated heterocycles. The van der Waals surface area contributed by atoms with Crippen LogP contribution in [0.25, 0.3) is 22.0 Å². The fourth-order valence-electron chi connectivity index (χ4n) is 4.11. The minimum absolute atomic E-state index is 0.0349. The van der Waals surface area contributed by atoms with Gasteiger partial charge in [0.15, 0.2) is 6.61 Å². The Kier molecular flexibility index (Phi) is 6.58. The molecule has 0 aliphatic carbocycles. The molecule has 2 aromatic heterocycles. The van der Waals surface area contributed by atoms with Crippen molar-refractivity contribution in [3.05, 3.63) is 60.6 Å². The Morgan fingerprint density at radius 2 is 2.11 bits per heavy atom. The summed E-state index contributed by atoms with van der Waals surface area (Å²) in [4.78, 5) is 21.5. The number of nitrogens with zero attached hydrogens (tertiary/aromatic N) is 4. The minimum Gasteiger partial charge on any atom is -0.484 e. The van der Waals surface area contributed by atoms with Gasteiger partial charge in [0.25, 0.3) is 5.91 Å². The monoisotopic (exact) mass is 472 g/mol. The van der Waals surface area contributed by atoms with E-state index in [1.165, 1.54) is 0 Å².